The van der Waals surface area contributed by atoms with Crippen molar-refractivity contribution in [3.8, 4) is 0 Å². The van der Waals surface area contributed by atoms with E-state index in [1.807, 2.05) is 11.9 Å². The van der Waals surface area contributed by atoms with Gasteiger partial charge < -0.3 is 20.6 Å². The number of nitrogens with two attached hydrogens (primary N) is 1. The number of ether oxygens (including phenoxy) is 1. The molecule has 0 heterocycles. The molecule has 3 N–H and O–H groups in total. The van der Waals surface area contributed by atoms with Crippen molar-refractivity contribution in [1.29, 1.82) is 0 Å². The smallest absolute Gasteiger partial charge is 0.172 e. The second-order valence-corrected chi connectivity index (χ2v) is 4.35. The van der Waals surface area contributed by atoms with Gasteiger partial charge in [0.1, 0.15) is 0 Å². The van der Waals surface area contributed by atoms with Gasteiger partial charge in [0.15, 0.2) is 5.84 Å². The SMILES string of the molecule is COCCCN(C)c1cc(Cl)ccc1C(N)=NO. The Morgan fingerprint density at radius 2 is 2.28 bits per heavy atom. The molecule has 0 radical (unpaired) electrons. The summed E-state index contributed by atoms with van der Waals surface area (Å²) in [7, 11) is 3.59. The molecule has 0 atom stereocenters. The average Bonchev–Trinajstić information content (AvgIpc) is 2.38. The zero-order valence-electron chi connectivity index (χ0n) is 10.6. The van der Waals surface area contributed by atoms with Crippen molar-refractivity contribution in [1.82, 2.24) is 0 Å². The van der Waals surface area contributed by atoms with Crippen molar-refractivity contribution in [3.63, 3.8) is 0 Å². The number of methoxy groups -OCH3 is 1. The summed E-state index contributed by atoms with van der Waals surface area (Å²) in [5, 5.41) is 12.4. The Morgan fingerprint density at radius 3 is 2.89 bits per heavy atom. The molecule has 5 nitrogen and oxygen atoms in total. The molecule has 0 fully saturated rings. The molecule has 0 spiro atoms. The van der Waals surface area contributed by atoms with Crippen molar-refractivity contribution >= 4 is 23.1 Å². The summed E-state index contributed by atoms with van der Waals surface area (Å²) in [4.78, 5) is 2.00. The number of amidine groups is 1. The number of benzene rings is 1. The van der Waals surface area contributed by atoms with Crippen molar-refractivity contribution < 1.29 is 9.94 Å². The van der Waals surface area contributed by atoms with Crippen LogP contribution < -0.4 is 10.6 Å². The molecule has 0 aliphatic carbocycles. The van der Waals surface area contributed by atoms with E-state index in [1.165, 1.54) is 0 Å². The highest BCUT2D eigenvalue weighted by Gasteiger charge is 2.11. The first-order chi connectivity index (χ1) is 8.60. The number of hydrogen-bond acceptors (Lipinski definition) is 4. The third kappa shape index (κ3) is 3.78. The summed E-state index contributed by atoms with van der Waals surface area (Å²) in [6.07, 6.45) is 0.884. The zero-order chi connectivity index (χ0) is 13.5. The molecule has 1 aromatic carbocycles. The van der Waals surface area contributed by atoms with Gasteiger partial charge in [-0.05, 0) is 24.6 Å². The standard InChI is InChI=1S/C12H18ClN3O2/c1-16(6-3-7-18-2)11-8-9(13)4-5-10(11)12(14)15-17/h4-5,8,17H,3,6-7H2,1-2H3,(H2,14,15). The summed E-state index contributed by atoms with van der Waals surface area (Å²) >= 11 is 5.98. The molecule has 0 aromatic heterocycles. The largest absolute Gasteiger partial charge is 0.409 e. The minimum Gasteiger partial charge on any atom is -0.409 e. The first-order valence-electron chi connectivity index (χ1n) is 5.57. The van der Waals surface area contributed by atoms with Gasteiger partial charge >= 0.3 is 0 Å². The first-order valence-corrected chi connectivity index (χ1v) is 5.95. The van der Waals surface area contributed by atoms with E-state index in [-0.39, 0.29) is 5.84 Å². The molecular formula is C12H18ClN3O2. The Labute approximate surface area is 112 Å². The summed E-state index contributed by atoms with van der Waals surface area (Å²) in [6.45, 7) is 1.48. The quantitative estimate of drug-likeness (QED) is 0.273. The number of hydrogen-bond donors (Lipinski definition) is 2. The van der Waals surface area contributed by atoms with E-state index in [9.17, 15) is 0 Å². The number of anilines is 1. The second-order valence-electron chi connectivity index (χ2n) is 3.91. The van der Waals surface area contributed by atoms with Gasteiger partial charge in [-0.15, -0.1) is 0 Å². The fourth-order valence-corrected chi connectivity index (χ4v) is 1.82. The van der Waals surface area contributed by atoms with Crippen LogP contribution in [0.1, 0.15) is 12.0 Å². The third-order valence-electron chi connectivity index (χ3n) is 2.60. The van der Waals surface area contributed by atoms with Crippen LogP contribution in [0.15, 0.2) is 23.4 Å². The van der Waals surface area contributed by atoms with Gasteiger partial charge in [-0.1, -0.05) is 16.8 Å². The number of halogens is 1. The van der Waals surface area contributed by atoms with Gasteiger partial charge in [0, 0.05) is 43.6 Å². The highest BCUT2D eigenvalue weighted by Crippen LogP contribution is 2.24. The Balaban J connectivity index is 2.94. The molecule has 0 aliphatic heterocycles. The monoisotopic (exact) mass is 271 g/mol. The van der Waals surface area contributed by atoms with Crippen molar-refractivity contribution in [3.05, 3.63) is 28.8 Å². The molecule has 0 amide bonds. The van der Waals surface area contributed by atoms with Crippen LogP contribution in [0.25, 0.3) is 0 Å². The Morgan fingerprint density at radius 1 is 1.56 bits per heavy atom. The van der Waals surface area contributed by atoms with Crippen molar-refractivity contribution in [2.75, 3.05) is 32.2 Å². The molecule has 100 valence electrons. The lowest BCUT2D eigenvalue weighted by Crippen LogP contribution is -2.24. The molecular weight excluding hydrogens is 254 g/mol. The lowest BCUT2D eigenvalue weighted by Gasteiger charge is -2.22. The summed E-state index contributed by atoms with van der Waals surface area (Å²) < 4.78 is 5.01. The van der Waals surface area contributed by atoms with Gasteiger partial charge in [0.25, 0.3) is 0 Å². The predicted octanol–water partition coefficient (Wildman–Crippen LogP) is 1.91. The van der Waals surface area contributed by atoms with Crippen LogP contribution in [0.4, 0.5) is 5.69 Å². The van der Waals surface area contributed by atoms with Crippen molar-refractivity contribution in [2.24, 2.45) is 10.9 Å². The van der Waals surface area contributed by atoms with E-state index in [0.717, 1.165) is 18.7 Å². The Kier molecular flexibility index (Phi) is 5.74. The lowest BCUT2D eigenvalue weighted by atomic mass is 10.1. The van der Waals surface area contributed by atoms with E-state index in [4.69, 9.17) is 27.3 Å². The summed E-state index contributed by atoms with van der Waals surface area (Å²) in [5.74, 6) is 0.0697. The highest BCUT2D eigenvalue weighted by atomic mass is 35.5. The maximum atomic E-state index is 8.77. The molecule has 6 heteroatoms. The Bertz CT molecular complexity index is 424. The molecule has 0 unspecified atom stereocenters. The molecule has 0 saturated carbocycles. The van der Waals surface area contributed by atoms with E-state index in [0.29, 0.717) is 17.2 Å². The molecule has 18 heavy (non-hydrogen) atoms. The predicted molar refractivity (Wildman–Crippen MR) is 73.7 cm³/mol. The fourth-order valence-electron chi connectivity index (χ4n) is 1.66. The molecule has 0 saturated heterocycles. The van der Waals surface area contributed by atoms with E-state index in [2.05, 4.69) is 5.16 Å². The number of rotatable bonds is 6. The van der Waals surface area contributed by atoms with Gasteiger partial charge in [-0.2, -0.15) is 0 Å². The average molecular weight is 272 g/mol. The minimum absolute atomic E-state index is 0.0697. The minimum atomic E-state index is 0.0697. The van der Waals surface area contributed by atoms with Crippen LogP contribution in [0.3, 0.4) is 0 Å². The van der Waals surface area contributed by atoms with Gasteiger partial charge in [-0.25, -0.2) is 0 Å². The Hall–Kier alpha value is -1.46. The maximum Gasteiger partial charge on any atom is 0.172 e. The van der Waals surface area contributed by atoms with Crippen LogP contribution >= 0.6 is 11.6 Å². The van der Waals surface area contributed by atoms with Crippen LogP contribution in [-0.4, -0.2) is 38.4 Å². The van der Waals surface area contributed by atoms with Gasteiger partial charge in [-0.3, -0.25) is 0 Å². The van der Waals surface area contributed by atoms with Crippen LogP contribution in [0.2, 0.25) is 5.02 Å². The first kappa shape index (κ1) is 14.6. The fraction of sp³-hybridized carbons (Fsp3) is 0.417. The van der Waals surface area contributed by atoms with Crippen LogP contribution in [-0.2, 0) is 4.74 Å². The summed E-state index contributed by atoms with van der Waals surface area (Å²) in [5.41, 5.74) is 7.13. The highest BCUT2D eigenvalue weighted by molar-refractivity contribution is 6.31. The second kappa shape index (κ2) is 7.08. The number of oxime groups is 1. The molecule has 0 bridgehead atoms. The van der Waals surface area contributed by atoms with Gasteiger partial charge in [0.05, 0.1) is 0 Å². The zero-order valence-corrected chi connectivity index (χ0v) is 11.3. The molecule has 1 aromatic rings. The lowest BCUT2D eigenvalue weighted by molar-refractivity contribution is 0.196. The van der Waals surface area contributed by atoms with Crippen LogP contribution in [0, 0.1) is 0 Å². The number of nitrogens with zero attached hydrogens (tertiary/aromatic N) is 2. The van der Waals surface area contributed by atoms with Crippen LogP contribution in [0.5, 0.6) is 0 Å². The molecule has 0 aliphatic rings. The van der Waals surface area contributed by atoms with Crippen molar-refractivity contribution in [2.45, 2.75) is 6.42 Å². The van der Waals surface area contributed by atoms with E-state index < -0.39 is 0 Å². The third-order valence-corrected chi connectivity index (χ3v) is 2.83. The molecule has 1 rings (SSSR count). The van der Waals surface area contributed by atoms with Gasteiger partial charge in [0.2, 0.25) is 0 Å². The topological polar surface area (TPSA) is 71.1 Å². The van der Waals surface area contributed by atoms with E-state index >= 15 is 0 Å². The summed E-state index contributed by atoms with van der Waals surface area (Å²) in [6, 6.07) is 5.24. The maximum absolute atomic E-state index is 8.77. The van der Waals surface area contributed by atoms with E-state index in [1.54, 1.807) is 25.3 Å². The normalized spacial score (nSPS) is 11.6.